The third-order valence-corrected chi connectivity index (χ3v) is 0. The summed E-state index contributed by atoms with van der Waals surface area (Å²) in [6.07, 6.45) is 0. The first-order valence-corrected chi connectivity index (χ1v) is 0. The Morgan fingerprint density at radius 1 is 0.300 bits per heavy atom. The van der Waals surface area contributed by atoms with Gasteiger partial charge in [-0.1, -0.05) is 0 Å². The molecule has 0 aliphatic carbocycles. The molecule has 70 valence electrons. The summed E-state index contributed by atoms with van der Waals surface area (Å²) in [6, 6.07) is 0. The molecule has 0 bridgehead atoms. The zero-order chi connectivity index (χ0) is 0. The van der Waals surface area contributed by atoms with Crippen LogP contribution in [0.4, 0.5) is 0 Å². The molecule has 0 heterocycles. The molecule has 0 N–H and O–H groups in total. The molecule has 0 aromatic rings. The van der Waals surface area contributed by atoms with Gasteiger partial charge in [-0.05, 0) is 0 Å². The van der Waals surface area contributed by atoms with Crippen molar-refractivity contribution in [1.82, 2.24) is 0 Å². The van der Waals surface area contributed by atoms with Crippen LogP contribution in [0.5, 0.6) is 0 Å². The van der Waals surface area contributed by atoms with Gasteiger partial charge < -0.3 is 37.1 Å². The van der Waals surface area contributed by atoms with Crippen molar-refractivity contribution in [2.75, 3.05) is 0 Å². The third-order valence-electron chi connectivity index (χ3n) is 0. The van der Waals surface area contributed by atoms with Gasteiger partial charge in [0, 0.05) is 0 Å². The molecule has 0 aromatic carbocycles. The van der Waals surface area contributed by atoms with Crippen molar-refractivity contribution in [3.63, 3.8) is 0 Å². The van der Waals surface area contributed by atoms with Gasteiger partial charge in [0.25, 0.3) is 0 Å². The van der Waals surface area contributed by atoms with Crippen molar-refractivity contribution >= 4 is 0 Å². The molecule has 0 saturated carbocycles. The van der Waals surface area contributed by atoms with Gasteiger partial charge in [-0.15, -0.1) is 0 Å². The molecule has 0 aliphatic heterocycles. The first-order chi connectivity index (χ1) is 0. The summed E-state index contributed by atoms with van der Waals surface area (Å²) < 4.78 is 0. The van der Waals surface area contributed by atoms with Crippen LogP contribution in [0, 0.1) is 37.1 Å². The summed E-state index contributed by atoms with van der Waals surface area (Å²) >= 11 is 0. The average molecular weight is 280 g/mol. The Hall–Kier alpha value is 2.75. The first-order valence-electron chi connectivity index (χ1n) is 0. The van der Waals surface area contributed by atoms with Crippen molar-refractivity contribution in [3.8, 4) is 0 Å². The smallest absolute Gasteiger partial charge is 0.358 e. The van der Waals surface area contributed by atoms with Crippen molar-refractivity contribution < 1.29 is 88.9 Å². The summed E-state index contributed by atoms with van der Waals surface area (Å²) in [4.78, 5) is 0. The molecule has 0 nitrogen and oxygen atoms in total. The van der Waals surface area contributed by atoms with Gasteiger partial charge in [0.05, 0.1) is 0 Å². The Bertz CT molecular complexity index is 14.9. The summed E-state index contributed by atoms with van der Waals surface area (Å²) in [6.45, 7) is 0. The van der Waals surface area contributed by atoms with Crippen LogP contribution in [-0.2, 0) is 51.2 Å². The SMILES string of the molecule is [CH3-].[CH3-].[CH3-].[CH3-].[CH3-].[Cu+].[Cu+].[Cu+].[Li+].[Li+]. The molecule has 0 spiro atoms. The quantitative estimate of drug-likeness (QED) is 0.316. The van der Waals surface area contributed by atoms with E-state index in [0.717, 1.165) is 0 Å². The van der Waals surface area contributed by atoms with E-state index in [-0.39, 0.29) is 126 Å². The van der Waals surface area contributed by atoms with E-state index in [1.807, 2.05) is 0 Å². The summed E-state index contributed by atoms with van der Waals surface area (Å²) in [7, 11) is 0. The van der Waals surface area contributed by atoms with Crippen LogP contribution in [-0.4, -0.2) is 0 Å². The maximum absolute atomic E-state index is 0. The molecule has 5 heteroatoms. The van der Waals surface area contributed by atoms with Gasteiger partial charge in [0.2, 0.25) is 0 Å². The average Bonchev–Trinajstić information content (AvgIpc) is 0. The van der Waals surface area contributed by atoms with Crippen molar-refractivity contribution in [1.29, 1.82) is 0 Å². The molecule has 0 aliphatic rings. The van der Waals surface area contributed by atoms with Crippen molar-refractivity contribution in [3.05, 3.63) is 37.1 Å². The minimum absolute atomic E-state index is 0. The van der Waals surface area contributed by atoms with Crippen LogP contribution >= 0.6 is 0 Å². The van der Waals surface area contributed by atoms with E-state index in [1.165, 1.54) is 0 Å². The maximum atomic E-state index is 0. The van der Waals surface area contributed by atoms with E-state index in [2.05, 4.69) is 0 Å². The second kappa shape index (κ2) is 179. The standard InChI is InChI=1S/5CH3.3Cu.2Li/h5*1H3;;;;;/q5*-1;5*+1. The minimum atomic E-state index is 0. The topological polar surface area (TPSA) is 0 Å². The largest absolute Gasteiger partial charge is 1.00 e. The second-order valence-electron chi connectivity index (χ2n) is 0. The van der Waals surface area contributed by atoms with Gasteiger partial charge >= 0.3 is 88.9 Å². The van der Waals surface area contributed by atoms with Crippen LogP contribution < -0.4 is 37.7 Å². The van der Waals surface area contributed by atoms with E-state index in [1.54, 1.807) is 0 Å². The van der Waals surface area contributed by atoms with Crippen LogP contribution in [0.1, 0.15) is 0 Å². The van der Waals surface area contributed by atoms with Gasteiger partial charge in [-0.2, -0.15) is 0 Å². The molecule has 0 radical (unpaired) electrons. The summed E-state index contributed by atoms with van der Waals surface area (Å²) in [5.74, 6) is 0. The molecule has 0 fully saturated rings. The minimum Gasteiger partial charge on any atom is -0.358 e. The summed E-state index contributed by atoms with van der Waals surface area (Å²) in [5, 5.41) is 0. The van der Waals surface area contributed by atoms with Gasteiger partial charge in [-0.3, -0.25) is 0 Å². The second-order valence-corrected chi connectivity index (χ2v) is 0. The Morgan fingerprint density at radius 2 is 0.300 bits per heavy atom. The Balaban J connectivity index is 0. The van der Waals surface area contributed by atoms with E-state index in [0.29, 0.717) is 0 Å². The third kappa shape index (κ3) is 135. The molecule has 0 saturated heterocycles. The molecule has 0 unspecified atom stereocenters. The number of rotatable bonds is 0. The van der Waals surface area contributed by atoms with Gasteiger partial charge in [-0.25, -0.2) is 0 Å². The van der Waals surface area contributed by atoms with Crippen LogP contribution in [0.25, 0.3) is 0 Å². The molecule has 0 aromatic heterocycles. The van der Waals surface area contributed by atoms with Gasteiger partial charge in [0.1, 0.15) is 0 Å². The fraction of sp³-hybridized carbons (Fsp3) is 0. The molecule has 0 amide bonds. The van der Waals surface area contributed by atoms with E-state index >= 15 is 0 Å². The first kappa shape index (κ1) is 232. The van der Waals surface area contributed by atoms with Crippen molar-refractivity contribution in [2.24, 2.45) is 0 Å². The van der Waals surface area contributed by atoms with Gasteiger partial charge in [0.15, 0.2) is 0 Å². The van der Waals surface area contributed by atoms with E-state index < -0.39 is 0 Å². The van der Waals surface area contributed by atoms with E-state index in [4.69, 9.17) is 0 Å². The van der Waals surface area contributed by atoms with Crippen LogP contribution in [0.2, 0.25) is 0 Å². The number of hydrogen-bond donors (Lipinski definition) is 0. The Kier molecular flexibility index (Phi) is 4170. The Morgan fingerprint density at radius 3 is 0.300 bits per heavy atom. The van der Waals surface area contributed by atoms with Crippen LogP contribution in [0.15, 0.2) is 0 Å². The molecular weight excluding hydrogens is 265 g/mol. The zero-order valence-corrected chi connectivity index (χ0v) is 10.7. The predicted molar refractivity (Wildman–Crippen MR) is 32.1 cm³/mol. The molecular formula is C5H15Cu3Li2. The fourth-order valence-electron chi connectivity index (χ4n) is 0. The van der Waals surface area contributed by atoms with E-state index in [9.17, 15) is 0 Å². The zero-order valence-electron chi connectivity index (χ0n) is 7.90. The molecule has 0 atom stereocenters. The molecule has 0 rings (SSSR count). The molecule has 10 heavy (non-hydrogen) atoms. The summed E-state index contributed by atoms with van der Waals surface area (Å²) in [5.41, 5.74) is 0. The predicted octanol–water partition coefficient (Wildman–Crippen LogP) is -3.75. The normalized spacial score (nSPS) is 0. The number of hydrogen-bond acceptors (Lipinski definition) is 0. The monoisotopic (exact) mass is 278 g/mol. The van der Waals surface area contributed by atoms with Crippen molar-refractivity contribution in [2.45, 2.75) is 0 Å². The Labute approximate surface area is 125 Å². The van der Waals surface area contributed by atoms with Crippen LogP contribution in [0.3, 0.4) is 0 Å². The maximum Gasteiger partial charge on any atom is 1.00 e. The fourth-order valence-corrected chi connectivity index (χ4v) is 0.